The van der Waals surface area contributed by atoms with Gasteiger partial charge in [-0.15, -0.1) is 0 Å². The first-order chi connectivity index (χ1) is 7.08. The monoisotopic (exact) mass is 205 g/mol. The molecular formula is C11H12FN3. The lowest BCUT2D eigenvalue weighted by Crippen LogP contribution is -1.91. The van der Waals surface area contributed by atoms with Crippen LogP contribution in [-0.2, 0) is 0 Å². The molecule has 0 aliphatic rings. The number of H-pyrrole nitrogens is 1. The minimum atomic E-state index is -0.399. The van der Waals surface area contributed by atoms with Crippen molar-refractivity contribution in [1.82, 2.24) is 9.97 Å². The van der Waals surface area contributed by atoms with E-state index < -0.39 is 5.82 Å². The van der Waals surface area contributed by atoms with E-state index in [1.165, 1.54) is 6.07 Å². The lowest BCUT2D eigenvalue weighted by atomic mass is 10.1. The van der Waals surface area contributed by atoms with E-state index in [0.717, 1.165) is 22.8 Å². The molecule has 0 radical (unpaired) electrons. The van der Waals surface area contributed by atoms with Crippen LogP contribution in [0.25, 0.3) is 11.3 Å². The zero-order valence-electron chi connectivity index (χ0n) is 8.63. The number of aryl methyl sites for hydroxylation is 2. The second-order valence-electron chi connectivity index (χ2n) is 3.53. The smallest absolute Gasteiger partial charge is 0.146 e. The number of halogens is 1. The van der Waals surface area contributed by atoms with Crippen LogP contribution in [-0.4, -0.2) is 9.97 Å². The molecular weight excluding hydrogens is 193 g/mol. The van der Waals surface area contributed by atoms with E-state index in [0.29, 0.717) is 0 Å². The van der Waals surface area contributed by atoms with Gasteiger partial charge in [0.1, 0.15) is 11.6 Å². The van der Waals surface area contributed by atoms with Crippen LogP contribution in [0.4, 0.5) is 10.1 Å². The molecule has 0 saturated carbocycles. The third-order valence-corrected chi connectivity index (χ3v) is 2.27. The summed E-state index contributed by atoms with van der Waals surface area (Å²) < 4.78 is 13.0. The lowest BCUT2D eigenvalue weighted by molar-refractivity contribution is 0.632. The molecule has 1 aromatic carbocycles. The molecule has 0 bridgehead atoms. The number of aromatic amines is 1. The van der Waals surface area contributed by atoms with Crippen LogP contribution < -0.4 is 5.73 Å². The summed E-state index contributed by atoms with van der Waals surface area (Å²) in [6.07, 6.45) is 0. The maximum absolute atomic E-state index is 13.0. The van der Waals surface area contributed by atoms with Crippen molar-refractivity contribution in [3.63, 3.8) is 0 Å². The van der Waals surface area contributed by atoms with Gasteiger partial charge in [0.25, 0.3) is 0 Å². The molecule has 2 aromatic rings. The second kappa shape index (κ2) is 3.38. The zero-order valence-corrected chi connectivity index (χ0v) is 8.63. The molecule has 3 nitrogen and oxygen atoms in total. The molecule has 0 aliphatic carbocycles. The number of rotatable bonds is 1. The molecule has 1 aromatic heterocycles. The van der Waals surface area contributed by atoms with Gasteiger partial charge in [0.2, 0.25) is 0 Å². The van der Waals surface area contributed by atoms with Crippen molar-refractivity contribution in [2.75, 3.05) is 5.73 Å². The fourth-order valence-corrected chi connectivity index (χ4v) is 1.58. The Morgan fingerprint density at radius 3 is 2.60 bits per heavy atom. The number of aromatic nitrogens is 2. The van der Waals surface area contributed by atoms with Crippen molar-refractivity contribution >= 4 is 5.69 Å². The van der Waals surface area contributed by atoms with Crippen molar-refractivity contribution in [3.8, 4) is 11.3 Å². The van der Waals surface area contributed by atoms with E-state index >= 15 is 0 Å². The van der Waals surface area contributed by atoms with Gasteiger partial charge in [0.15, 0.2) is 0 Å². The topological polar surface area (TPSA) is 54.7 Å². The van der Waals surface area contributed by atoms with Gasteiger partial charge in [-0.05, 0) is 32.0 Å². The Labute approximate surface area is 87.2 Å². The summed E-state index contributed by atoms with van der Waals surface area (Å²) >= 11 is 0. The second-order valence-corrected chi connectivity index (χ2v) is 3.53. The van der Waals surface area contributed by atoms with Crippen molar-refractivity contribution in [1.29, 1.82) is 0 Å². The quantitative estimate of drug-likeness (QED) is 0.702. The molecule has 0 spiro atoms. The molecule has 1 heterocycles. The Balaban J connectivity index is 2.54. The summed E-state index contributed by atoms with van der Waals surface area (Å²) in [5, 5.41) is 0. The molecule has 15 heavy (non-hydrogen) atoms. The molecule has 0 aliphatic heterocycles. The van der Waals surface area contributed by atoms with E-state index in [1.807, 2.05) is 13.8 Å². The Morgan fingerprint density at radius 2 is 2.07 bits per heavy atom. The van der Waals surface area contributed by atoms with E-state index in [1.54, 1.807) is 12.1 Å². The third kappa shape index (κ3) is 1.70. The molecule has 0 atom stereocenters. The zero-order chi connectivity index (χ0) is 11.0. The Kier molecular flexibility index (Phi) is 2.19. The van der Waals surface area contributed by atoms with Crippen molar-refractivity contribution in [2.24, 2.45) is 0 Å². The van der Waals surface area contributed by atoms with Crippen molar-refractivity contribution in [3.05, 3.63) is 35.5 Å². The third-order valence-electron chi connectivity index (χ3n) is 2.27. The minimum absolute atomic E-state index is 0.146. The van der Waals surface area contributed by atoms with Gasteiger partial charge in [-0.25, -0.2) is 9.37 Å². The summed E-state index contributed by atoms with van der Waals surface area (Å²) in [6.45, 7) is 3.80. The summed E-state index contributed by atoms with van der Waals surface area (Å²) in [4.78, 5) is 7.41. The molecule has 4 heteroatoms. The Morgan fingerprint density at radius 1 is 1.33 bits per heavy atom. The lowest BCUT2D eigenvalue weighted by Gasteiger charge is -2.01. The van der Waals surface area contributed by atoms with Gasteiger partial charge < -0.3 is 10.7 Å². The predicted octanol–water partition coefficient (Wildman–Crippen LogP) is 2.41. The normalized spacial score (nSPS) is 10.6. The van der Waals surface area contributed by atoms with Gasteiger partial charge in [0, 0.05) is 11.3 Å². The molecule has 3 N–H and O–H groups in total. The van der Waals surface area contributed by atoms with Crippen LogP contribution in [0, 0.1) is 19.7 Å². The van der Waals surface area contributed by atoms with Crippen LogP contribution in [0.5, 0.6) is 0 Å². The van der Waals surface area contributed by atoms with E-state index in [4.69, 9.17) is 5.73 Å². The molecule has 2 rings (SSSR count). The fourth-order valence-electron chi connectivity index (χ4n) is 1.58. The number of nitrogens with zero attached hydrogens (tertiary/aromatic N) is 1. The summed E-state index contributed by atoms with van der Waals surface area (Å²) in [5.41, 5.74) is 8.25. The largest absolute Gasteiger partial charge is 0.396 e. The van der Waals surface area contributed by atoms with E-state index in [-0.39, 0.29) is 5.69 Å². The highest BCUT2D eigenvalue weighted by Gasteiger charge is 2.08. The average Bonchev–Trinajstić information content (AvgIpc) is 2.50. The van der Waals surface area contributed by atoms with Crippen LogP contribution in [0.3, 0.4) is 0 Å². The predicted molar refractivity (Wildman–Crippen MR) is 57.9 cm³/mol. The van der Waals surface area contributed by atoms with Crippen molar-refractivity contribution in [2.45, 2.75) is 13.8 Å². The minimum Gasteiger partial charge on any atom is -0.396 e. The Bertz CT molecular complexity index is 503. The molecule has 0 saturated heterocycles. The van der Waals surface area contributed by atoms with Gasteiger partial charge in [-0.3, -0.25) is 0 Å². The van der Waals surface area contributed by atoms with Gasteiger partial charge in [0.05, 0.1) is 11.4 Å². The van der Waals surface area contributed by atoms with Crippen LogP contribution in [0.15, 0.2) is 18.2 Å². The number of nitrogens with one attached hydrogen (secondary N) is 1. The molecule has 0 amide bonds. The average molecular weight is 205 g/mol. The first kappa shape index (κ1) is 9.71. The number of hydrogen-bond acceptors (Lipinski definition) is 2. The SMILES string of the molecule is Cc1nc(-c2ccc(F)c(N)c2)c(C)[nH]1. The first-order valence-corrected chi connectivity index (χ1v) is 4.66. The number of benzene rings is 1. The summed E-state index contributed by atoms with van der Waals surface area (Å²) in [6, 6.07) is 4.63. The summed E-state index contributed by atoms with van der Waals surface area (Å²) in [7, 11) is 0. The fraction of sp³-hybridized carbons (Fsp3) is 0.182. The molecule has 0 unspecified atom stereocenters. The highest BCUT2D eigenvalue weighted by Crippen LogP contribution is 2.24. The number of anilines is 1. The van der Waals surface area contributed by atoms with Crippen LogP contribution >= 0.6 is 0 Å². The maximum atomic E-state index is 13.0. The number of imidazole rings is 1. The number of hydrogen-bond donors (Lipinski definition) is 2. The van der Waals surface area contributed by atoms with Crippen molar-refractivity contribution < 1.29 is 4.39 Å². The summed E-state index contributed by atoms with van der Waals surface area (Å²) in [5.74, 6) is 0.439. The maximum Gasteiger partial charge on any atom is 0.146 e. The van der Waals surface area contributed by atoms with Gasteiger partial charge in [-0.1, -0.05) is 0 Å². The van der Waals surface area contributed by atoms with Gasteiger partial charge >= 0.3 is 0 Å². The highest BCUT2D eigenvalue weighted by molar-refractivity contribution is 5.66. The highest BCUT2D eigenvalue weighted by atomic mass is 19.1. The molecule has 78 valence electrons. The van der Waals surface area contributed by atoms with E-state index in [9.17, 15) is 4.39 Å². The Hall–Kier alpha value is -1.84. The first-order valence-electron chi connectivity index (χ1n) is 4.66. The molecule has 0 fully saturated rings. The van der Waals surface area contributed by atoms with Gasteiger partial charge in [-0.2, -0.15) is 0 Å². The standard InChI is InChI=1S/C11H12FN3/c1-6-11(15-7(2)14-6)8-3-4-9(12)10(13)5-8/h3-5H,13H2,1-2H3,(H,14,15). The van der Waals surface area contributed by atoms with E-state index in [2.05, 4.69) is 9.97 Å². The number of nitrogens with two attached hydrogens (primary N) is 1. The van der Waals surface area contributed by atoms with Crippen LogP contribution in [0.1, 0.15) is 11.5 Å². The number of nitrogen functional groups attached to an aromatic ring is 1. The van der Waals surface area contributed by atoms with Crippen LogP contribution in [0.2, 0.25) is 0 Å².